The molecule has 0 saturated carbocycles. The van der Waals surface area contributed by atoms with Crippen molar-refractivity contribution < 1.29 is 19.4 Å². The number of carbonyl (C=O) groups is 2. The topological polar surface area (TPSA) is 176 Å². The molecule has 0 aliphatic carbocycles. The van der Waals surface area contributed by atoms with Crippen LogP contribution >= 0.6 is 0 Å². The van der Waals surface area contributed by atoms with Crippen LogP contribution in [0.1, 0.15) is 40.5 Å². The first-order chi connectivity index (χ1) is 16.8. The Kier molecular flexibility index (Phi) is 6.44. The van der Waals surface area contributed by atoms with Crippen LogP contribution < -0.4 is 10.6 Å². The third-order valence-electron chi connectivity index (χ3n) is 5.72. The summed E-state index contributed by atoms with van der Waals surface area (Å²) in [5.74, 6) is -0.859. The number of nitro benzene ring substituents is 2. The third kappa shape index (κ3) is 4.81. The second-order valence-corrected chi connectivity index (χ2v) is 8.05. The summed E-state index contributed by atoms with van der Waals surface area (Å²) in [6.45, 7) is 2.07. The molecule has 12 nitrogen and oxygen atoms in total. The average molecular weight is 478 g/mol. The van der Waals surface area contributed by atoms with E-state index < -0.39 is 27.7 Å². The Morgan fingerprint density at radius 2 is 1.40 bits per heavy atom. The van der Waals surface area contributed by atoms with Crippen LogP contribution in [0.5, 0.6) is 0 Å². The van der Waals surface area contributed by atoms with E-state index in [4.69, 9.17) is 0 Å². The number of amides is 2. The van der Waals surface area contributed by atoms with Gasteiger partial charge >= 0.3 is 0 Å². The van der Waals surface area contributed by atoms with E-state index in [1.54, 1.807) is 6.07 Å². The molecule has 0 spiro atoms. The number of benzene rings is 2. The van der Waals surface area contributed by atoms with E-state index in [-0.39, 0.29) is 29.0 Å². The van der Waals surface area contributed by atoms with Crippen LogP contribution in [-0.2, 0) is 0 Å². The van der Waals surface area contributed by atoms with Crippen molar-refractivity contribution in [2.24, 2.45) is 0 Å². The van der Waals surface area contributed by atoms with Crippen LogP contribution in [0.3, 0.4) is 0 Å². The summed E-state index contributed by atoms with van der Waals surface area (Å²) in [6.07, 6.45) is 4.29. The minimum atomic E-state index is -0.528. The lowest BCUT2D eigenvalue weighted by molar-refractivity contribution is -0.384. The van der Waals surface area contributed by atoms with Gasteiger partial charge in [-0.2, -0.15) is 0 Å². The normalized spacial score (nSPS) is 11.9. The summed E-state index contributed by atoms with van der Waals surface area (Å²) in [7, 11) is 0. The zero-order valence-corrected chi connectivity index (χ0v) is 18.7. The number of nitrogens with one attached hydrogen (secondary N) is 4. The van der Waals surface area contributed by atoms with Crippen molar-refractivity contribution in [1.29, 1.82) is 0 Å². The van der Waals surface area contributed by atoms with E-state index >= 15 is 0 Å². The maximum atomic E-state index is 13.0. The number of H-pyrrole nitrogens is 2. The monoisotopic (exact) mass is 478 g/mol. The van der Waals surface area contributed by atoms with Crippen molar-refractivity contribution in [1.82, 2.24) is 20.6 Å². The Hall–Kier alpha value is -4.74. The SMILES string of the molecule is CCCC(CNC(=O)c1c[nH]c2ccc([N+](=O)[O-])cc12)NC(=O)c1c[nH]c2ccc([N+](=O)[O-])cc12. The molecule has 4 N–H and O–H groups in total. The molecule has 0 aliphatic heterocycles. The van der Waals surface area contributed by atoms with Gasteiger partial charge in [0, 0.05) is 71.1 Å². The molecule has 2 heterocycles. The maximum absolute atomic E-state index is 13.0. The average Bonchev–Trinajstić information content (AvgIpc) is 3.45. The van der Waals surface area contributed by atoms with Gasteiger partial charge in [-0.15, -0.1) is 0 Å². The fourth-order valence-electron chi connectivity index (χ4n) is 3.97. The zero-order chi connectivity index (χ0) is 25.1. The van der Waals surface area contributed by atoms with Gasteiger partial charge in [0.2, 0.25) is 0 Å². The van der Waals surface area contributed by atoms with Gasteiger partial charge in [-0.05, 0) is 18.6 Å². The van der Waals surface area contributed by atoms with Crippen LogP contribution in [0.2, 0.25) is 0 Å². The number of hydrogen-bond acceptors (Lipinski definition) is 6. The number of carbonyl (C=O) groups excluding carboxylic acids is 2. The summed E-state index contributed by atoms with van der Waals surface area (Å²) in [4.78, 5) is 52.8. The molecule has 180 valence electrons. The molecule has 0 saturated heterocycles. The van der Waals surface area contributed by atoms with Crippen LogP contribution in [0.4, 0.5) is 11.4 Å². The van der Waals surface area contributed by atoms with E-state index in [0.717, 1.165) is 6.42 Å². The lowest BCUT2D eigenvalue weighted by Gasteiger charge is -2.18. The molecule has 2 amide bonds. The molecule has 35 heavy (non-hydrogen) atoms. The van der Waals surface area contributed by atoms with Crippen molar-refractivity contribution in [2.45, 2.75) is 25.8 Å². The second kappa shape index (κ2) is 9.63. The molecule has 2 aromatic heterocycles. The Bertz CT molecular complexity index is 1460. The van der Waals surface area contributed by atoms with Crippen LogP contribution in [-0.4, -0.2) is 44.2 Å². The number of hydrogen-bond donors (Lipinski definition) is 4. The number of non-ortho nitro benzene ring substituents is 2. The molecular formula is C23H22N6O6. The summed E-state index contributed by atoms with van der Waals surface area (Å²) < 4.78 is 0. The highest BCUT2D eigenvalue weighted by atomic mass is 16.6. The first-order valence-electron chi connectivity index (χ1n) is 10.9. The number of aromatic amines is 2. The van der Waals surface area contributed by atoms with E-state index in [1.165, 1.54) is 42.7 Å². The minimum Gasteiger partial charge on any atom is -0.360 e. The largest absolute Gasteiger partial charge is 0.360 e. The van der Waals surface area contributed by atoms with Crippen molar-refractivity contribution >= 4 is 45.0 Å². The molecule has 0 bridgehead atoms. The molecule has 0 fully saturated rings. The molecule has 0 aliphatic rings. The van der Waals surface area contributed by atoms with Gasteiger partial charge in [0.1, 0.15) is 0 Å². The highest BCUT2D eigenvalue weighted by Crippen LogP contribution is 2.25. The van der Waals surface area contributed by atoms with Gasteiger partial charge in [-0.3, -0.25) is 29.8 Å². The van der Waals surface area contributed by atoms with E-state index in [2.05, 4.69) is 20.6 Å². The van der Waals surface area contributed by atoms with E-state index in [1.807, 2.05) is 6.92 Å². The fourth-order valence-corrected chi connectivity index (χ4v) is 3.97. The predicted molar refractivity (Wildman–Crippen MR) is 128 cm³/mol. The predicted octanol–water partition coefficient (Wildman–Crippen LogP) is 3.79. The van der Waals surface area contributed by atoms with E-state index in [9.17, 15) is 29.8 Å². The number of aromatic nitrogens is 2. The van der Waals surface area contributed by atoms with Gasteiger partial charge in [0.05, 0.1) is 21.0 Å². The van der Waals surface area contributed by atoms with Crippen molar-refractivity contribution in [3.8, 4) is 0 Å². The van der Waals surface area contributed by atoms with Crippen LogP contribution in [0.15, 0.2) is 48.8 Å². The fraction of sp³-hybridized carbons (Fsp3) is 0.217. The van der Waals surface area contributed by atoms with Gasteiger partial charge in [-0.25, -0.2) is 0 Å². The van der Waals surface area contributed by atoms with Gasteiger partial charge in [0.15, 0.2) is 0 Å². The molecule has 1 atom stereocenters. The Morgan fingerprint density at radius 1 is 0.886 bits per heavy atom. The van der Waals surface area contributed by atoms with Crippen molar-refractivity contribution in [3.63, 3.8) is 0 Å². The number of fused-ring (bicyclic) bond motifs is 2. The Morgan fingerprint density at radius 3 is 1.89 bits per heavy atom. The summed E-state index contributed by atoms with van der Waals surface area (Å²) in [6, 6.07) is 8.06. The summed E-state index contributed by atoms with van der Waals surface area (Å²) in [5, 5.41) is 28.7. The second-order valence-electron chi connectivity index (χ2n) is 8.05. The molecule has 0 radical (unpaired) electrons. The molecule has 1 unspecified atom stereocenters. The van der Waals surface area contributed by atoms with Gasteiger partial charge in [0.25, 0.3) is 23.2 Å². The minimum absolute atomic E-state index is 0.123. The first kappa shape index (κ1) is 23.4. The first-order valence-corrected chi connectivity index (χ1v) is 10.9. The smallest absolute Gasteiger partial charge is 0.270 e. The number of nitro groups is 2. The standard InChI is InChI=1S/C23H22N6O6/c1-2-3-13(27-23(31)19-12-25-21-7-5-15(29(34)35)9-17(19)21)10-26-22(30)18-11-24-20-6-4-14(28(32)33)8-16(18)20/h4-9,11-13,24-25H,2-3,10H2,1H3,(H,26,30)(H,27,31). The lowest BCUT2D eigenvalue weighted by Crippen LogP contribution is -2.43. The summed E-state index contributed by atoms with van der Waals surface area (Å²) >= 11 is 0. The molecule has 4 rings (SSSR count). The lowest BCUT2D eigenvalue weighted by atomic mass is 10.1. The highest BCUT2D eigenvalue weighted by molar-refractivity contribution is 6.08. The molecule has 4 aromatic rings. The maximum Gasteiger partial charge on any atom is 0.270 e. The van der Waals surface area contributed by atoms with Crippen molar-refractivity contribution in [3.05, 3.63) is 80.1 Å². The van der Waals surface area contributed by atoms with Crippen LogP contribution in [0, 0.1) is 20.2 Å². The Labute approximate surface area is 198 Å². The summed E-state index contributed by atoms with van der Waals surface area (Å²) in [5.41, 5.74) is 1.46. The Balaban J connectivity index is 1.48. The number of rotatable bonds is 9. The van der Waals surface area contributed by atoms with E-state index in [0.29, 0.717) is 28.2 Å². The van der Waals surface area contributed by atoms with Crippen molar-refractivity contribution in [2.75, 3.05) is 6.54 Å². The van der Waals surface area contributed by atoms with Gasteiger partial charge in [-0.1, -0.05) is 13.3 Å². The zero-order valence-electron chi connectivity index (χ0n) is 18.7. The molecule has 12 heteroatoms. The molecular weight excluding hydrogens is 456 g/mol. The molecule has 2 aromatic carbocycles. The quantitative estimate of drug-likeness (QED) is 0.210. The van der Waals surface area contributed by atoms with Gasteiger partial charge < -0.3 is 20.6 Å². The third-order valence-corrected chi connectivity index (χ3v) is 5.72. The highest BCUT2D eigenvalue weighted by Gasteiger charge is 2.20. The van der Waals surface area contributed by atoms with Crippen LogP contribution in [0.25, 0.3) is 21.8 Å². The number of nitrogens with zero attached hydrogens (tertiary/aromatic N) is 2.